The number of thioether (sulfide) groups is 1. The van der Waals surface area contributed by atoms with E-state index >= 15 is 0 Å². The highest BCUT2D eigenvalue weighted by molar-refractivity contribution is 7.98. The van der Waals surface area contributed by atoms with Crippen molar-refractivity contribution in [3.05, 3.63) is 29.1 Å². The number of aryl methyl sites for hydroxylation is 1. The van der Waals surface area contributed by atoms with Gasteiger partial charge in [-0.2, -0.15) is 0 Å². The number of aromatic hydroxyl groups is 1. The quantitative estimate of drug-likeness (QED) is 0.677. The molecular weight excluding hydrogens is 271 g/mol. The van der Waals surface area contributed by atoms with Crippen molar-refractivity contribution in [3.8, 4) is 5.75 Å². The predicted molar refractivity (Wildman–Crippen MR) is 66.4 cm³/mol. The van der Waals surface area contributed by atoms with Crippen molar-refractivity contribution < 1.29 is 14.3 Å². The summed E-state index contributed by atoms with van der Waals surface area (Å²) in [5, 5.41) is 21.4. The van der Waals surface area contributed by atoms with E-state index in [-0.39, 0.29) is 22.8 Å². The number of hydrogen-bond acceptors (Lipinski definition) is 6. The van der Waals surface area contributed by atoms with Gasteiger partial charge in [0.15, 0.2) is 5.78 Å². The maximum Gasteiger partial charge on any atom is 0.209 e. The number of nitrogens with zero attached hydrogens (tertiary/aromatic N) is 4. The van der Waals surface area contributed by atoms with Crippen LogP contribution in [0.25, 0.3) is 0 Å². The second-order valence-corrected chi connectivity index (χ2v) is 4.83. The molecule has 6 nitrogen and oxygen atoms in total. The van der Waals surface area contributed by atoms with Crippen LogP contribution in [0.1, 0.15) is 22.8 Å². The summed E-state index contributed by atoms with van der Waals surface area (Å²) in [4.78, 5) is 11.3. The summed E-state index contributed by atoms with van der Waals surface area (Å²) < 4.78 is 14.9. The molecule has 0 atom stereocenters. The van der Waals surface area contributed by atoms with Crippen LogP contribution in [-0.4, -0.2) is 31.1 Å². The highest BCUT2D eigenvalue weighted by Gasteiger charge is 2.14. The highest BCUT2D eigenvalue weighted by atomic mass is 32.2. The van der Waals surface area contributed by atoms with E-state index in [1.807, 2.05) is 0 Å². The lowest BCUT2D eigenvalue weighted by Crippen LogP contribution is -1.98. The van der Waals surface area contributed by atoms with Gasteiger partial charge in [-0.25, -0.2) is 9.07 Å². The first-order valence-corrected chi connectivity index (χ1v) is 6.35. The molecule has 1 aromatic carbocycles. The fourth-order valence-corrected chi connectivity index (χ4v) is 2.34. The first-order chi connectivity index (χ1) is 8.99. The van der Waals surface area contributed by atoms with E-state index in [1.54, 1.807) is 7.05 Å². The summed E-state index contributed by atoms with van der Waals surface area (Å²) in [5.74, 6) is -0.882. The number of carbonyl (C=O) groups is 1. The number of aromatic nitrogens is 4. The molecule has 0 aliphatic heterocycles. The van der Waals surface area contributed by atoms with Gasteiger partial charge in [-0.15, -0.1) is 5.10 Å². The molecule has 19 heavy (non-hydrogen) atoms. The van der Waals surface area contributed by atoms with Gasteiger partial charge >= 0.3 is 0 Å². The number of phenolic OH excluding ortho intramolecular Hbond substituents is 1. The molecule has 0 aliphatic carbocycles. The summed E-state index contributed by atoms with van der Waals surface area (Å²) in [6.07, 6.45) is 0. The number of ketones is 1. The smallest absolute Gasteiger partial charge is 0.209 e. The highest BCUT2D eigenvalue weighted by Crippen LogP contribution is 2.30. The molecule has 8 heteroatoms. The van der Waals surface area contributed by atoms with Gasteiger partial charge in [-0.1, -0.05) is 11.8 Å². The van der Waals surface area contributed by atoms with Crippen molar-refractivity contribution in [1.82, 2.24) is 20.2 Å². The van der Waals surface area contributed by atoms with Gasteiger partial charge in [0, 0.05) is 18.4 Å². The Kier molecular flexibility index (Phi) is 3.79. The average Bonchev–Trinajstić information content (AvgIpc) is 2.75. The number of hydrogen-bond donors (Lipinski definition) is 1. The minimum Gasteiger partial charge on any atom is -0.507 e. The zero-order valence-electron chi connectivity index (χ0n) is 10.3. The van der Waals surface area contributed by atoms with Gasteiger partial charge in [0.1, 0.15) is 11.6 Å². The van der Waals surface area contributed by atoms with Crippen LogP contribution in [0, 0.1) is 5.82 Å². The van der Waals surface area contributed by atoms with Gasteiger partial charge in [-0.3, -0.25) is 4.79 Å². The van der Waals surface area contributed by atoms with E-state index in [4.69, 9.17) is 0 Å². The van der Waals surface area contributed by atoms with Gasteiger partial charge in [0.05, 0.1) is 5.56 Å². The Balaban J connectivity index is 2.25. The molecule has 0 saturated heterocycles. The van der Waals surface area contributed by atoms with E-state index in [1.165, 1.54) is 29.4 Å². The van der Waals surface area contributed by atoms with Crippen LogP contribution < -0.4 is 0 Å². The minimum atomic E-state index is -0.560. The molecule has 0 aliphatic rings. The Bertz CT molecular complexity index is 629. The van der Waals surface area contributed by atoms with E-state index in [0.717, 1.165) is 6.07 Å². The number of tetrazole rings is 1. The summed E-state index contributed by atoms with van der Waals surface area (Å²) in [6, 6.07) is 2.22. The first kappa shape index (κ1) is 13.5. The lowest BCUT2D eigenvalue weighted by atomic mass is 10.1. The lowest BCUT2D eigenvalue weighted by Gasteiger charge is -2.07. The molecule has 0 unspecified atom stereocenters. The van der Waals surface area contributed by atoms with Crippen molar-refractivity contribution in [3.63, 3.8) is 0 Å². The number of Topliss-reactive ketones (excluding diaryl/α,β-unsaturated/α-hetero) is 1. The molecule has 0 bridgehead atoms. The molecule has 0 spiro atoms. The topological polar surface area (TPSA) is 80.9 Å². The second-order valence-electron chi connectivity index (χ2n) is 3.89. The lowest BCUT2D eigenvalue weighted by molar-refractivity contribution is 0.101. The number of halogens is 1. The number of carbonyl (C=O) groups excluding carboxylic acids is 1. The summed E-state index contributed by atoms with van der Waals surface area (Å²) >= 11 is 1.24. The predicted octanol–water partition coefficient (Wildman–Crippen LogP) is 1.55. The molecule has 2 rings (SSSR count). The van der Waals surface area contributed by atoms with Crippen LogP contribution in [-0.2, 0) is 12.8 Å². The number of benzene rings is 1. The fraction of sp³-hybridized carbons (Fsp3) is 0.273. The summed E-state index contributed by atoms with van der Waals surface area (Å²) in [5.41, 5.74) is 0.310. The zero-order valence-corrected chi connectivity index (χ0v) is 11.1. The Morgan fingerprint density at radius 3 is 2.84 bits per heavy atom. The van der Waals surface area contributed by atoms with Crippen molar-refractivity contribution in [1.29, 1.82) is 0 Å². The first-order valence-electron chi connectivity index (χ1n) is 5.36. The molecule has 0 radical (unpaired) electrons. The van der Waals surface area contributed by atoms with E-state index < -0.39 is 5.82 Å². The Hall–Kier alpha value is -1.96. The largest absolute Gasteiger partial charge is 0.507 e. The molecule has 1 aromatic heterocycles. The number of rotatable bonds is 4. The molecular formula is C11H11FN4O2S. The molecule has 0 amide bonds. The van der Waals surface area contributed by atoms with Crippen LogP contribution in [0.15, 0.2) is 17.3 Å². The maximum atomic E-state index is 13.4. The maximum absolute atomic E-state index is 13.4. The normalized spacial score (nSPS) is 10.7. The summed E-state index contributed by atoms with van der Waals surface area (Å²) in [6.45, 7) is 1.28. The second kappa shape index (κ2) is 5.35. The standard InChI is InChI=1S/C11H11FN4O2S/c1-6(17)9-4-8(12)3-7(10(9)18)5-19-11-13-14-15-16(11)2/h3-4,18H,5H2,1-2H3. The average molecular weight is 282 g/mol. The third-order valence-corrected chi connectivity index (χ3v) is 3.53. The van der Waals surface area contributed by atoms with E-state index in [9.17, 15) is 14.3 Å². The van der Waals surface area contributed by atoms with E-state index in [2.05, 4.69) is 15.5 Å². The third-order valence-electron chi connectivity index (χ3n) is 2.47. The van der Waals surface area contributed by atoms with Crippen molar-refractivity contribution in [2.45, 2.75) is 17.8 Å². The monoisotopic (exact) mass is 282 g/mol. The molecule has 100 valence electrons. The molecule has 0 saturated carbocycles. The Labute approximate surface area is 112 Å². The van der Waals surface area contributed by atoms with Crippen LogP contribution in [0.5, 0.6) is 5.75 Å². The molecule has 1 N–H and O–H groups in total. The van der Waals surface area contributed by atoms with Gasteiger partial charge in [-0.05, 0) is 29.5 Å². The van der Waals surface area contributed by atoms with Gasteiger partial charge < -0.3 is 5.11 Å². The fourth-order valence-electron chi connectivity index (χ4n) is 1.52. The minimum absolute atomic E-state index is 0.0216. The third kappa shape index (κ3) is 2.90. The molecule has 2 aromatic rings. The summed E-state index contributed by atoms with van der Waals surface area (Å²) in [7, 11) is 1.68. The van der Waals surface area contributed by atoms with Crippen molar-refractivity contribution in [2.24, 2.45) is 7.05 Å². The van der Waals surface area contributed by atoms with Gasteiger partial charge in [0.2, 0.25) is 5.16 Å². The Morgan fingerprint density at radius 2 is 2.26 bits per heavy atom. The van der Waals surface area contributed by atoms with Crippen LogP contribution in [0.4, 0.5) is 4.39 Å². The van der Waals surface area contributed by atoms with Crippen molar-refractivity contribution >= 4 is 17.5 Å². The molecule has 1 heterocycles. The molecule has 0 fully saturated rings. The van der Waals surface area contributed by atoms with Crippen LogP contribution in [0.3, 0.4) is 0 Å². The van der Waals surface area contributed by atoms with E-state index in [0.29, 0.717) is 10.7 Å². The van der Waals surface area contributed by atoms with Crippen LogP contribution >= 0.6 is 11.8 Å². The Morgan fingerprint density at radius 1 is 1.53 bits per heavy atom. The van der Waals surface area contributed by atoms with Crippen molar-refractivity contribution in [2.75, 3.05) is 0 Å². The SMILES string of the molecule is CC(=O)c1cc(F)cc(CSc2nnnn2C)c1O. The zero-order chi connectivity index (χ0) is 14.0. The number of phenols is 1. The van der Waals surface area contributed by atoms with Crippen LogP contribution in [0.2, 0.25) is 0 Å². The van der Waals surface area contributed by atoms with Gasteiger partial charge in [0.25, 0.3) is 0 Å².